The third-order valence-corrected chi connectivity index (χ3v) is 4.95. The van der Waals surface area contributed by atoms with Crippen molar-refractivity contribution in [2.24, 2.45) is 5.92 Å². The molecule has 2 aromatic rings. The second-order valence-corrected chi connectivity index (χ2v) is 8.37. The van der Waals surface area contributed by atoms with Crippen molar-refractivity contribution in [2.75, 3.05) is 47.4 Å². The van der Waals surface area contributed by atoms with E-state index in [9.17, 15) is 9.59 Å². The standard InChI is InChI=1S/C24H36N4O3/c1-20(2)16-28(24(30)25(3)4)19-23(29)27(14-15-31-5)18-22-12-9-13-26(22)17-21-10-7-6-8-11-21/h6-13,20H,14-19H2,1-5H3. The molecule has 31 heavy (non-hydrogen) atoms. The van der Waals surface area contributed by atoms with Gasteiger partial charge in [-0.2, -0.15) is 0 Å². The van der Waals surface area contributed by atoms with E-state index in [1.807, 2.05) is 50.4 Å². The van der Waals surface area contributed by atoms with Gasteiger partial charge in [-0.05, 0) is 23.6 Å². The molecule has 2 rings (SSSR count). The molecule has 0 aliphatic rings. The lowest BCUT2D eigenvalue weighted by atomic mass is 10.2. The highest BCUT2D eigenvalue weighted by Gasteiger charge is 2.23. The summed E-state index contributed by atoms with van der Waals surface area (Å²) in [6, 6.07) is 14.1. The maximum absolute atomic E-state index is 13.2. The monoisotopic (exact) mass is 428 g/mol. The highest BCUT2D eigenvalue weighted by atomic mass is 16.5. The summed E-state index contributed by atoms with van der Waals surface area (Å²) in [6.07, 6.45) is 2.03. The molecule has 0 fully saturated rings. The van der Waals surface area contributed by atoms with Crippen LogP contribution in [0.2, 0.25) is 0 Å². The molecule has 0 spiro atoms. The average molecular weight is 429 g/mol. The number of carbonyl (C=O) groups excluding carboxylic acids is 2. The number of nitrogens with zero attached hydrogens (tertiary/aromatic N) is 4. The van der Waals surface area contributed by atoms with Crippen molar-refractivity contribution in [1.29, 1.82) is 0 Å². The molecule has 0 aliphatic heterocycles. The molecule has 1 heterocycles. The lowest BCUT2D eigenvalue weighted by Gasteiger charge is -2.30. The van der Waals surface area contributed by atoms with Crippen LogP contribution in [0, 0.1) is 5.92 Å². The molecule has 0 aliphatic carbocycles. The number of amides is 3. The van der Waals surface area contributed by atoms with Crippen LogP contribution < -0.4 is 0 Å². The first-order valence-corrected chi connectivity index (χ1v) is 10.7. The van der Waals surface area contributed by atoms with Gasteiger partial charge in [-0.15, -0.1) is 0 Å². The molecule has 7 nitrogen and oxygen atoms in total. The summed E-state index contributed by atoms with van der Waals surface area (Å²) in [5, 5.41) is 0. The minimum atomic E-state index is -0.152. The smallest absolute Gasteiger partial charge is 0.319 e. The predicted molar refractivity (Wildman–Crippen MR) is 123 cm³/mol. The number of aromatic nitrogens is 1. The van der Waals surface area contributed by atoms with Gasteiger partial charge in [-0.25, -0.2) is 4.79 Å². The van der Waals surface area contributed by atoms with Gasteiger partial charge >= 0.3 is 6.03 Å². The number of urea groups is 1. The number of methoxy groups -OCH3 is 1. The highest BCUT2D eigenvalue weighted by Crippen LogP contribution is 2.12. The van der Waals surface area contributed by atoms with Gasteiger partial charge in [-0.1, -0.05) is 44.2 Å². The lowest BCUT2D eigenvalue weighted by molar-refractivity contribution is -0.133. The van der Waals surface area contributed by atoms with Gasteiger partial charge in [0, 0.05) is 52.7 Å². The van der Waals surface area contributed by atoms with E-state index in [1.165, 1.54) is 10.5 Å². The Kier molecular flexibility index (Phi) is 9.59. The summed E-state index contributed by atoms with van der Waals surface area (Å²) in [5.41, 5.74) is 2.25. The first kappa shape index (κ1) is 24.5. The summed E-state index contributed by atoms with van der Waals surface area (Å²) < 4.78 is 7.39. The Morgan fingerprint density at radius 2 is 1.74 bits per heavy atom. The van der Waals surface area contributed by atoms with Gasteiger partial charge < -0.3 is 24.0 Å². The van der Waals surface area contributed by atoms with Crippen LogP contribution in [0.5, 0.6) is 0 Å². The quantitative estimate of drug-likeness (QED) is 0.552. The molecular formula is C24H36N4O3. The third-order valence-electron chi connectivity index (χ3n) is 4.95. The van der Waals surface area contributed by atoms with Crippen molar-refractivity contribution in [3.63, 3.8) is 0 Å². The number of benzene rings is 1. The van der Waals surface area contributed by atoms with E-state index < -0.39 is 0 Å². The lowest BCUT2D eigenvalue weighted by Crippen LogP contribution is -2.48. The Balaban J connectivity index is 2.15. The zero-order valence-corrected chi connectivity index (χ0v) is 19.5. The van der Waals surface area contributed by atoms with Crippen LogP contribution in [0.1, 0.15) is 25.1 Å². The Morgan fingerprint density at radius 3 is 2.35 bits per heavy atom. The molecule has 0 saturated heterocycles. The third kappa shape index (κ3) is 7.75. The second-order valence-electron chi connectivity index (χ2n) is 8.37. The topological polar surface area (TPSA) is 58.0 Å². The molecule has 0 radical (unpaired) electrons. The molecule has 0 unspecified atom stereocenters. The van der Waals surface area contributed by atoms with E-state index in [-0.39, 0.29) is 24.4 Å². The Morgan fingerprint density at radius 1 is 1.03 bits per heavy atom. The largest absolute Gasteiger partial charge is 0.383 e. The zero-order valence-electron chi connectivity index (χ0n) is 19.5. The molecule has 7 heteroatoms. The predicted octanol–water partition coefficient (Wildman–Crippen LogP) is 3.15. The molecule has 0 saturated carbocycles. The number of ether oxygens (including phenoxy) is 1. The number of carbonyl (C=O) groups is 2. The summed E-state index contributed by atoms with van der Waals surface area (Å²) in [5.74, 6) is 0.188. The van der Waals surface area contributed by atoms with Gasteiger partial charge in [0.1, 0.15) is 6.54 Å². The summed E-state index contributed by atoms with van der Waals surface area (Å²) in [4.78, 5) is 30.7. The normalized spacial score (nSPS) is 10.9. The fourth-order valence-corrected chi connectivity index (χ4v) is 3.41. The van der Waals surface area contributed by atoms with Gasteiger partial charge in [-0.3, -0.25) is 4.79 Å². The minimum Gasteiger partial charge on any atom is -0.383 e. The van der Waals surface area contributed by atoms with Gasteiger partial charge in [0.25, 0.3) is 0 Å². The first-order chi connectivity index (χ1) is 14.8. The Labute approximate surface area is 186 Å². The first-order valence-electron chi connectivity index (χ1n) is 10.7. The summed E-state index contributed by atoms with van der Waals surface area (Å²) >= 11 is 0. The molecule has 170 valence electrons. The van der Waals surface area contributed by atoms with E-state index >= 15 is 0 Å². The van der Waals surface area contributed by atoms with Crippen molar-refractivity contribution in [2.45, 2.75) is 26.9 Å². The molecule has 1 aromatic heterocycles. The van der Waals surface area contributed by atoms with E-state index in [0.717, 1.165) is 12.2 Å². The molecular weight excluding hydrogens is 392 g/mol. The van der Waals surface area contributed by atoms with Crippen molar-refractivity contribution in [1.82, 2.24) is 19.3 Å². The van der Waals surface area contributed by atoms with Crippen LogP contribution in [0.4, 0.5) is 4.79 Å². The fourth-order valence-electron chi connectivity index (χ4n) is 3.41. The van der Waals surface area contributed by atoms with Crippen LogP contribution in [0.15, 0.2) is 48.7 Å². The molecule has 0 atom stereocenters. The molecule has 1 aromatic carbocycles. The molecule has 0 bridgehead atoms. The fraction of sp³-hybridized carbons (Fsp3) is 0.500. The van der Waals surface area contributed by atoms with Gasteiger partial charge in [0.05, 0.1) is 13.2 Å². The number of hydrogen-bond donors (Lipinski definition) is 0. The van der Waals surface area contributed by atoms with Crippen LogP contribution in [0.25, 0.3) is 0 Å². The van der Waals surface area contributed by atoms with E-state index in [1.54, 1.807) is 31.0 Å². The number of hydrogen-bond acceptors (Lipinski definition) is 3. The second kappa shape index (κ2) is 12.2. The highest BCUT2D eigenvalue weighted by molar-refractivity contribution is 5.84. The molecule has 3 amide bonds. The van der Waals surface area contributed by atoms with Crippen molar-refractivity contribution >= 4 is 11.9 Å². The van der Waals surface area contributed by atoms with Crippen LogP contribution in [0.3, 0.4) is 0 Å². The van der Waals surface area contributed by atoms with E-state index in [0.29, 0.717) is 26.2 Å². The van der Waals surface area contributed by atoms with Crippen molar-refractivity contribution < 1.29 is 14.3 Å². The van der Waals surface area contributed by atoms with Crippen LogP contribution in [-0.4, -0.2) is 78.7 Å². The maximum atomic E-state index is 13.2. The SMILES string of the molecule is COCCN(Cc1cccn1Cc1ccccc1)C(=O)CN(CC(C)C)C(=O)N(C)C. The average Bonchev–Trinajstić information content (AvgIpc) is 3.16. The van der Waals surface area contributed by atoms with Gasteiger partial charge in [0.15, 0.2) is 0 Å². The summed E-state index contributed by atoms with van der Waals surface area (Å²) in [6.45, 7) is 6.79. The van der Waals surface area contributed by atoms with E-state index in [2.05, 4.69) is 16.7 Å². The van der Waals surface area contributed by atoms with Crippen molar-refractivity contribution in [3.05, 3.63) is 59.9 Å². The Hall–Kier alpha value is -2.80. The molecule has 0 N–H and O–H groups in total. The maximum Gasteiger partial charge on any atom is 0.319 e. The van der Waals surface area contributed by atoms with E-state index in [4.69, 9.17) is 4.74 Å². The minimum absolute atomic E-state index is 0.0539. The Bertz CT molecular complexity index is 817. The van der Waals surface area contributed by atoms with Crippen LogP contribution >= 0.6 is 0 Å². The van der Waals surface area contributed by atoms with Crippen molar-refractivity contribution in [3.8, 4) is 0 Å². The number of rotatable bonds is 11. The van der Waals surface area contributed by atoms with Gasteiger partial charge in [0.2, 0.25) is 5.91 Å². The van der Waals surface area contributed by atoms with Crippen LogP contribution in [-0.2, 0) is 22.6 Å². The summed E-state index contributed by atoms with van der Waals surface area (Å²) in [7, 11) is 5.04. The zero-order chi connectivity index (χ0) is 22.8.